The van der Waals surface area contributed by atoms with Gasteiger partial charge in [0.05, 0.1) is 0 Å². The molecule has 0 rings (SSSR count). The van der Waals surface area contributed by atoms with E-state index in [1.807, 2.05) is 0 Å². The van der Waals surface area contributed by atoms with Crippen LogP contribution in [0, 0.1) is 0 Å². The average Bonchev–Trinajstić information content (AvgIpc) is 0.811. The molecular formula is CHClCoO3. The van der Waals surface area contributed by atoms with Gasteiger partial charge >= 0.3 is 16.8 Å². The molecular weight excluding hydrogens is 154 g/mol. The van der Waals surface area contributed by atoms with Crippen molar-refractivity contribution in [2.24, 2.45) is 0 Å². The number of rotatable bonds is 0. The smallest absolute Gasteiger partial charge is 1.00 e. The van der Waals surface area contributed by atoms with E-state index in [0.717, 1.165) is 0 Å². The van der Waals surface area contributed by atoms with Gasteiger partial charge in [-0.25, -0.2) is 0 Å². The molecule has 0 spiro atoms. The number of hydrogen-bond donors (Lipinski definition) is 1. The molecule has 3 nitrogen and oxygen atoms in total. The summed E-state index contributed by atoms with van der Waals surface area (Å²) in [6.07, 6.45) is -2.08. The molecule has 1 N–H and O–H groups in total. The maximum absolute atomic E-state index is 8.44. The van der Waals surface area contributed by atoms with Gasteiger partial charge in [-0.1, -0.05) is 0 Å². The largest absolute Gasteiger partial charge is 2.00 e. The van der Waals surface area contributed by atoms with Crippen LogP contribution in [0.2, 0.25) is 0 Å². The van der Waals surface area contributed by atoms with Gasteiger partial charge in [-0.3, -0.25) is 0 Å². The molecule has 39 valence electrons. The Labute approximate surface area is 51.0 Å². The predicted molar refractivity (Wildman–Crippen MR) is 8.02 cm³/mol. The molecule has 0 amide bonds. The zero-order valence-electron chi connectivity index (χ0n) is 2.48. The Bertz CT molecular complexity index is 33.8. The predicted octanol–water partition coefficient (Wildman–Crippen LogP) is -4.11. The number of hydrogen-bond acceptors (Lipinski definition) is 2. The van der Waals surface area contributed by atoms with Crippen LogP contribution in [0.3, 0.4) is 0 Å². The molecule has 0 fully saturated rings. The second-order valence-electron chi connectivity index (χ2n) is 0.266. The van der Waals surface area contributed by atoms with E-state index in [-0.39, 0.29) is 29.2 Å². The minimum absolute atomic E-state index is 0. The summed E-state index contributed by atoms with van der Waals surface area (Å²) in [5.74, 6) is 0. The van der Waals surface area contributed by atoms with Crippen molar-refractivity contribution in [1.82, 2.24) is 0 Å². The van der Waals surface area contributed by atoms with Crippen LogP contribution in [0.4, 0.5) is 4.79 Å². The molecule has 0 aromatic rings. The Balaban J connectivity index is -0.0000000450. The minimum Gasteiger partial charge on any atom is -1.00 e. The first-order valence-electron chi connectivity index (χ1n) is 0.632. The van der Waals surface area contributed by atoms with Gasteiger partial charge in [0.25, 0.3) is 0 Å². The zero-order chi connectivity index (χ0) is 3.58. The Morgan fingerprint density at radius 1 is 1.67 bits per heavy atom. The van der Waals surface area contributed by atoms with Gasteiger partial charge < -0.3 is 27.4 Å². The van der Waals surface area contributed by atoms with Crippen molar-refractivity contribution in [3.8, 4) is 0 Å². The van der Waals surface area contributed by atoms with E-state index in [1.54, 1.807) is 0 Å². The normalized spacial score (nSPS) is 4.00. The van der Waals surface area contributed by atoms with Gasteiger partial charge in [-0.2, -0.15) is 0 Å². The molecule has 0 saturated heterocycles. The van der Waals surface area contributed by atoms with Gasteiger partial charge in [-0.15, -0.1) is 0 Å². The fourth-order valence-corrected chi connectivity index (χ4v) is 0. The van der Waals surface area contributed by atoms with Crippen molar-refractivity contribution in [3.05, 3.63) is 0 Å². The van der Waals surface area contributed by atoms with Crippen LogP contribution in [0.15, 0.2) is 0 Å². The van der Waals surface area contributed by atoms with E-state index in [0.29, 0.717) is 0 Å². The molecule has 0 atom stereocenters. The molecule has 0 bridgehead atoms. The maximum atomic E-state index is 8.44. The fourth-order valence-electron chi connectivity index (χ4n) is 0. The Morgan fingerprint density at radius 2 is 1.67 bits per heavy atom. The van der Waals surface area contributed by atoms with Crippen molar-refractivity contribution < 1.29 is 44.2 Å². The van der Waals surface area contributed by atoms with Crippen molar-refractivity contribution in [2.45, 2.75) is 0 Å². The molecule has 0 aliphatic rings. The Morgan fingerprint density at radius 3 is 1.67 bits per heavy atom. The third-order valence-electron chi connectivity index (χ3n) is 0. The number of carbonyl (C=O) groups is 1. The Hall–Kier alpha value is 0.0665. The second-order valence-corrected chi connectivity index (χ2v) is 0.266. The van der Waals surface area contributed by atoms with Gasteiger partial charge in [-0.05, 0) is 0 Å². The van der Waals surface area contributed by atoms with Crippen LogP contribution in [0.5, 0.6) is 0 Å². The summed E-state index contributed by atoms with van der Waals surface area (Å²) in [6, 6.07) is 0. The molecule has 5 heteroatoms. The summed E-state index contributed by atoms with van der Waals surface area (Å²) in [5, 5.41) is 15.3. The number of carboxylic acid groups (broad SMARTS) is 2. The maximum Gasteiger partial charge on any atom is 2.00 e. The van der Waals surface area contributed by atoms with Crippen molar-refractivity contribution >= 4 is 6.16 Å². The zero-order valence-corrected chi connectivity index (χ0v) is 4.27. The summed E-state index contributed by atoms with van der Waals surface area (Å²) >= 11 is 0. The third-order valence-corrected chi connectivity index (χ3v) is 0. The van der Waals surface area contributed by atoms with Gasteiger partial charge in [0.15, 0.2) is 0 Å². The molecule has 0 aromatic heterocycles. The van der Waals surface area contributed by atoms with Crippen LogP contribution in [-0.4, -0.2) is 11.3 Å². The summed E-state index contributed by atoms with van der Waals surface area (Å²) in [7, 11) is 0. The molecule has 0 unspecified atom stereocenters. The van der Waals surface area contributed by atoms with Crippen molar-refractivity contribution in [1.29, 1.82) is 0 Å². The standard InChI is InChI=1S/CH2O3.ClH.Co/c2-1(3)4;;/h(H2,2,3,4);1H;/q;;+2/p-2. The van der Waals surface area contributed by atoms with Gasteiger partial charge in [0.2, 0.25) is 6.16 Å². The average molecular weight is 155 g/mol. The van der Waals surface area contributed by atoms with Crippen LogP contribution >= 0.6 is 0 Å². The molecule has 0 aliphatic carbocycles. The van der Waals surface area contributed by atoms with Crippen LogP contribution in [0.1, 0.15) is 0 Å². The third kappa shape index (κ3) is 8650. The molecule has 6 heavy (non-hydrogen) atoms. The van der Waals surface area contributed by atoms with E-state index in [9.17, 15) is 0 Å². The first-order valence-corrected chi connectivity index (χ1v) is 0.632. The fraction of sp³-hybridized carbons (Fsp3) is 0. The van der Waals surface area contributed by atoms with Crippen molar-refractivity contribution in [3.63, 3.8) is 0 Å². The van der Waals surface area contributed by atoms with E-state index in [2.05, 4.69) is 0 Å². The summed E-state index contributed by atoms with van der Waals surface area (Å²) in [4.78, 5) is 8.44. The quantitative estimate of drug-likeness (QED) is 0.387. The molecule has 0 saturated carbocycles. The first kappa shape index (κ1) is 16.6. The molecule has 1 radical (unpaired) electrons. The molecule has 0 heterocycles. The van der Waals surface area contributed by atoms with E-state index in [1.165, 1.54) is 0 Å². The topological polar surface area (TPSA) is 60.4 Å². The summed E-state index contributed by atoms with van der Waals surface area (Å²) in [6.45, 7) is 0. The summed E-state index contributed by atoms with van der Waals surface area (Å²) in [5.41, 5.74) is 0. The molecule has 0 aliphatic heterocycles. The summed E-state index contributed by atoms with van der Waals surface area (Å²) < 4.78 is 0. The van der Waals surface area contributed by atoms with E-state index in [4.69, 9.17) is 15.0 Å². The van der Waals surface area contributed by atoms with E-state index >= 15 is 0 Å². The second kappa shape index (κ2) is 8.91. The van der Waals surface area contributed by atoms with Gasteiger partial charge in [0.1, 0.15) is 0 Å². The first-order chi connectivity index (χ1) is 1.73. The SMILES string of the molecule is O=C([O-])O.[Cl-].[Co+2]. The van der Waals surface area contributed by atoms with Gasteiger partial charge in [0, 0.05) is 0 Å². The molecule has 0 aromatic carbocycles. The van der Waals surface area contributed by atoms with Crippen molar-refractivity contribution in [2.75, 3.05) is 0 Å². The van der Waals surface area contributed by atoms with E-state index < -0.39 is 6.16 Å². The monoisotopic (exact) mass is 155 g/mol. The minimum atomic E-state index is -2.08. The van der Waals surface area contributed by atoms with Crippen LogP contribution < -0.4 is 17.5 Å². The number of halogens is 1. The Kier molecular flexibility index (Phi) is 24.6. The van der Waals surface area contributed by atoms with Crippen LogP contribution in [0.25, 0.3) is 0 Å². The van der Waals surface area contributed by atoms with Crippen LogP contribution in [-0.2, 0) is 16.8 Å².